The molecule has 1 fully saturated rings. The van der Waals surface area contributed by atoms with Gasteiger partial charge in [0.2, 0.25) is 0 Å². The van der Waals surface area contributed by atoms with E-state index in [1.165, 1.54) is 28.4 Å². The van der Waals surface area contributed by atoms with Crippen molar-refractivity contribution in [2.75, 3.05) is 6.54 Å². The first kappa shape index (κ1) is 10.2. The molecule has 0 aliphatic heterocycles. The van der Waals surface area contributed by atoms with Crippen LogP contribution in [0.5, 0.6) is 0 Å². The van der Waals surface area contributed by atoms with Crippen molar-refractivity contribution in [2.24, 2.45) is 5.73 Å². The molecule has 0 radical (unpaired) electrons. The summed E-state index contributed by atoms with van der Waals surface area (Å²) >= 11 is 3.53. The van der Waals surface area contributed by atoms with Crippen LogP contribution in [0.2, 0.25) is 0 Å². The van der Waals surface area contributed by atoms with E-state index >= 15 is 0 Å². The fraction of sp³-hybridized carbons (Fsp3) is 0.500. The third-order valence-corrected chi connectivity index (χ3v) is 3.76. The van der Waals surface area contributed by atoms with Crippen molar-refractivity contribution in [2.45, 2.75) is 31.6 Å². The summed E-state index contributed by atoms with van der Waals surface area (Å²) in [5.74, 6) is 0. The van der Waals surface area contributed by atoms with Crippen LogP contribution in [0.3, 0.4) is 0 Å². The molecule has 0 aromatic heterocycles. The summed E-state index contributed by atoms with van der Waals surface area (Å²) in [6.45, 7) is 3.00. The smallest absolute Gasteiger partial charge is 0.0178 e. The fourth-order valence-electron chi connectivity index (χ4n) is 2.08. The van der Waals surface area contributed by atoms with Gasteiger partial charge in [0.1, 0.15) is 0 Å². The first-order chi connectivity index (χ1) is 6.72. The van der Waals surface area contributed by atoms with Crippen LogP contribution >= 0.6 is 15.9 Å². The van der Waals surface area contributed by atoms with Gasteiger partial charge in [0.25, 0.3) is 0 Å². The van der Waals surface area contributed by atoms with Crippen LogP contribution in [0.15, 0.2) is 22.7 Å². The normalized spacial score (nSPS) is 18.2. The lowest BCUT2D eigenvalue weighted by Gasteiger charge is -2.17. The second-order valence-electron chi connectivity index (χ2n) is 4.14. The molecule has 0 spiro atoms. The van der Waals surface area contributed by atoms with E-state index in [1.54, 1.807) is 0 Å². The van der Waals surface area contributed by atoms with E-state index in [-0.39, 0.29) is 0 Å². The van der Waals surface area contributed by atoms with Crippen molar-refractivity contribution >= 4 is 15.9 Å². The number of aryl methyl sites for hydroxylation is 1. The Bertz CT molecular complexity index is 342. The Hall–Kier alpha value is -0.340. The number of hydrogen-bond donors (Lipinski definition) is 1. The van der Waals surface area contributed by atoms with Crippen LogP contribution in [0.4, 0.5) is 0 Å². The third kappa shape index (κ3) is 1.61. The molecule has 14 heavy (non-hydrogen) atoms. The van der Waals surface area contributed by atoms with Crippen molar-refractivity contribution < 1.29 is 0 Å². The van der Waals surface area contributed by atoms with E-state index in [0.717, 1.165) is 13.0 Å². The van der Waals surface area contributed by atoms with E-state index in [1.807, 2.05) is 0 Å². The Morgan fingerprint density at radius 1 is 1.43 bits per heavy atom. The molecule has 0 unspecified atom stereocenters. The highest BCUT2D eigenvalue weighted by molar-refractivity contribution is 9.10. The molecule has 0 saturated heterocycles. The van der Waals surface area contributed by atoms with Crippen molar-refractivity contribution in [1.29, 1.82) is 0 Å². The third-order valence-electron chi connectivity index (χ3n) is 3.27. The van der Waals surface area contributed by atoms with Gasteiger partial charge in [-0.25, -0.2) is 0 Å². The maximum Gasteiger partial charge on any atom is 0.0178 e. The molecule has 2 N–H and O–H groups in total. The first-order valence-electron chi connectivity index (χ1n) is 5.21. The molecule has 1 saturated carbocycles. The number of hydrogen-bond acceptors (Lipinski definition) is 1. The van der Waals surface area contributed by atoms with E-state index < -0.39 is 0 Å². The van der Waals surface area contributed by atoms with Gasteiger partial charge in [-0.15, -0.1) is 0 Å². The second-order valence-corrected chi connectivity index (χ2v) is 5.06. The molecule has 0 amide bonds. The molecule has 1 aliphatic rings. The standard InChI is InChI=1S/C12H16BrN/c1-2-9-3-4-10(13)7-11(9)12(8-14)5-6-12/h3-4,7H,2,5-6,8,14H2,1H3. The minimum Gasteiger partial charge on any atom is -0.330 e. The number of halogens is 1. The summed E-state index contributed by atoms with van der Waals surface area (Å²) in [6.07, 6.45) is 3.62. The van der Waals surface area contributed by atoms with E-state index in [4.69, 9.17) is 5.73 Å². The van der Waals surface area contributed by atoms with E-state index in [0.29, 0.717) is 5.41 Å². The molecule has 1 aromatic rings. The summed E-state index contributed by atoms with van der Waals surface area (Å²) < 4.78 is 1.17. The van der Waals surface area contributed by atoms with Gasteiger partial charge in [-0.3, -0.25) is 0 Å². The molecule has 0 atom stereocenters. The minimum atomic E-state index is 0.315. The minimum absolute atomic E-state index is 0.315. The molecule has 0 heterocycles. The van der Waals surface area contributed by atoms with Crippen LogP contribution in [0.25, 0.3) is 0 Å². The van der Waals surface area contributed by atoms with Crippen LogP contribution in [-0.4, -0.2) is 6.54 Å². The van der Waals surface area contributed by atoms with Gasteiger partial charge in [0, 0.05) is 16.4 Å². The SMILES string of the molecule is CCc1ccc(Br)cc1C1(CN)CC1. The van der Waals surface area contributed by atoms with Crippen molar-refractivity contribution in [3.05, 3.63) is 33.8 Å². The zero-order valence-corrected chi connectivity index (χ0v) is 10.1. The van der Waals surface area contributed by atoms with Gasteiger partial charge in [-0.1, -0.05) is 28.9 Å². The Labute approximate surface area is 93.8 Å². The number of nitrogens with two attached hydrogens (primary N) is 1. The largest absolute Gasteiger partial charge is 0.330 e. The van der Waals surface area contributed by atoms with Crippen LogP contribution in [0, 0.1) is 0 Å². The zero-order chi connectivity index (χ0) is 10.2. The Kier molecular flexibility index (Phi) is 2.67. The van der Waals surface area contributed by atoms with Crippen molar-refractivity contribution in [1.82, 2.24) is 0 Å². The van der Waals surface area contributed by atoms with Crippen LogP contribution < -0.4 is 5.73 Å². The fourth-order valence-corrected chi connectivity index (χ4v) is 2.45. The maximum atomic E-state index is 5.86. The van der Waals surface area contributed by atoms with Crippen molar-refractivity contribution in [3.8, 4) is 0 Å². The molecule has 1 nitrogen and oxygen atoms in total. The van der Waals surface area contributed by atoms with Gasteiger partial charge in [0.05, 0.1) is 0 Å². The lowest BCUT2D eigenvalue weighted by Crippen LogP contribution is -2.21. The average molecular weight is 254 g/mol. The van der Waals surface area contributed by atoms with Gasteiger partial charge < -0.3 is 5.73 Å². The number of benzene rings is 1. The summed E-state index contributed by atoms with van der Waals surface area (Å²) in [5, 5.41) is 0. The number of rotatable bonds is 3. The molecule has 2 heteroatoms. The van der Waals surface area contributed by atoms with E-state index in [9.17, 15) is 0 Å². The zero-order valence-electron chi connectivity index (χ0n) is 8.52. The highest BCUT2D eigenvalue weighted by Gasteiger charge is 2.43. The molecule has 76 valence electrons. The summed E-state index contributed by atoms with van der Waals surface area (Å²) in [5.41, 5.74) is 9.10. The lowest BCUT2D eigenvalue weighted by atomic mass is 9.90. The predicted octanol–water partition coefficient (Wildman–Crippen LogP) is 3.00. The average Bonchev–Trinajstić information content (AvgIpc) is 2.98. The molecule has 0 bridgehead atoms. The van der Waals surface area contributed by atoms with Gasteiger partial charge in [-0.05, 0) is 42.5 Å². The highest BCUT2D eigenvalue weighted by Crippen LogP contribution is 2.49. The maximum absolute atomic E-state index is 5.86. The molecular formula is C12H16BrN. The van der Waals surface area contributed by atoms with Gasteiger partial charge in [0.15, 0.2) is 0 Å². The second kappa shape index (κ2) is 3.67. The van der Waals surface area contributed by atoms with Crippen molar-refractivity contribution in [3.63, 3.8) is 0 Å². The first-order valence-corrected chi connectivity index (χ1v) is 6.00. The molecular weight excluding hydrogens is 238 g/mol. The summed E-state index contributed by atoms with van der Waals surface area (Å²) in [6, 6.07) is 6.59. The van der Waals surface area contributed by atoms with Crippen LogP contribution in [0.1, 0.15) is 30.9 Å². The lowest BCUT2D eigenvalue weighted by molar-refractivity contribution is 0.694. The molecule has 1 aromatic carbocycles. The van der Waals surface area contributed by atoms with Gasteiger partial charge in [-0.2, -0.15) is 0 Å². The highest BCUT2D eigenvalue weighted by atomic mass is 79.9. The Morgan fingerprint density at radius 3 is 2.64 bits per heavy atom. The summed E-state index contributed by atoms with van der Waals surface area (Å²) in [7, 11) is 0. The Morgan fingerprint density at radius 2 is 2.14 bits per heavy atom. The van der Waals surface area contributed by atoms with E-state index in [2.05, 4.69) is 41.1 Å². The Balaban J connectivity index is 2.44. The molecule has 1 aliphatic carbocycles. The topological polar surface area (TPSA) is 26.0 Å². The predicted molar refractivity (Wildman–Crippen MR) is 63.5 cm³/mol. The quantitative estimate of drug-likeness (QED) is 0.881. The van der Waals surface area contributed by atoms with Gasteiger partial charge >= 0.3 is 0 Å². The summed E-state index contributed by atoms with van der Waals surface area (Å²) in [4.78, 5) is 0. The molecule has 2 rings (SSSR count). The monoisotopic (exact) mass is 253 g/mol. The van der Waals surface area contributed by atoms with Crippen LogP contribution in [-0.2, 0) is 11.8 Å².